The number of nitrogen functional groups attached to an aromatic ring is 1. The summed E-state index contributed by atoms with van der Waals surface area (Å²) < 4.78 is 22.5. The number of anilines is 2. The van der Waals surface area contributed by atoms with Crippen LogP contribution in [0.1, 0.15) is 63.4 Å². The molecule has 0 bridgehead atoms. The van der Waals surface area contributed by atoms with E-state index in [4.69, 9.17) is 10.5 Å². The van der Waals surface area contributed by atoms with Gasteiger partial charge in [0.05, 0.1) is 22.3 Å². The summed E-state index contributed by atoms with van der Waals surface area (Å²) in [7, 11) is 0. The Labute approximate surface area is 196 Å². The van der Waals surface area contributed by atoms with Crippen molar-refractivity contribution in [1.82, 2.24) is 9.88 Å². The summed E-state index contributed by atoms with van der Waals surface area (Å²) in [6.07, 6.45) is 3.27. The maximum atomic E-state index is 15.4. The molecule has 2 atom stereocenters. The summed E-state index contributed by atoms with van der Waals surface area (Å²) in [5.41, 5.74) is 4.66. The Morgan fingerprint density at radius 1 is 1.29 bits per heavy atom. The predicted octanol–water partition coefficient (Wildman–Crippen LogP) is 3.50. The monoisotopic (exact) mass is 474 g/mol. The van der Waals surface area contributed by atoms with Crippen molar-refractivity contribution in [2.45, 2.75) is 64.6 Å². The molecule has 10 heteroatoms. The van der Waals surface area contributed by atoms with Crippen molar-refractivity contribution in [2.24, 2.45) is 5.92 Å². The number of alkyl carbamates (subject to hydrolysis) is 1. The number of nitrogens with two attached hydrogens (primary N) is 1. The smallest absolute Gasteiger partial charge is 0.407 e. The van der Waals surface area contributed by atoms with Gasteiger partial charge in [-0.1, -0.05) is 0 Å². The quantitative estimate of drug-likeness (QED) is 0.566. The van der Waals surface area contributed by atoms with E-state index < -0.39 is 34.5 Å². The van der Waals surface area contributed by atoms with Crippen molar-refractivity contribution < 1.29 is 23.8 Å². The molecule has 0 unspecified atom stereocenters. The number of aromatic nitrogens is 1. The predicted molar refractivity (Wildman–Crippen MR) is 127 cm³/mol. The molecule has 1 saturated heterocycles. The zero-order chi connectivity index (χ0) is 24.9. The molecule has 2 aromatic rings. The minimum absolute atomic E-state index is 0.0586. The normalized spacial score (nSPS) is 19.3. The van der Waals surface area contributed by atoms with Crippen molar-refractivity contribution in [3.05, 3.63) is 33.9 Å². The Kier molecular flexibility index (Phi) is 5.95. The number of fused-ring (bicyclic) bond motifs is 1. The van der Waals surface area contributed by atoms with Crippen LogP contribution in [0.3, 0.4) is 0 Å². The van der Waals surface area contributed by atoms with Gasteiger partial charge in [-0.2, -0.15) is 0 Å². The maximum absolute atomic E-state index is 15.4. The molecular weight excluding hydrogens is 443 g/mol. The summed E-state index contributed by atoms with van der Waals surface area (Å²) in [6.45, 7) is 8.31. The van der Waals surface area contributed by atoms with E-state index in [9.17, 15) is 19.5 Å². The molecule has 1 amide bonds. The van der Waals surface area contributed by atoms with Crippen molar-refractivity contribution in [3.8, 4) is 0 Å². The highest BCUT2D eigenvalue weighted by atomic mass is 19.1. The first-order valence-electron chi connectivity index (χ1n) is 11.5. The van der Waals surface area contributed by atoms with Crippen LogP contribution in [0.4, 0.5) is 20.6 Å². The first kappa shape index (κ1) is 23.8. The van der Waals surface area contributed by atoms with Crippen LogP contribution in [0.25, 0.3) is 10.9 Å². The van der Waals surface area contributed by atoms with Gasteiger partial charge in [0.25, 0.3) is 0 Å². The second-order valence-electron chi connectivity index (χ2n) is 10.3. The number of benzene rings is 1. The zero-order valence-electron chi connectivity index (χ0n) is 19.9. The van der Waals surface area contributed by atoms with Gasteiger partial charge in [0.15, 0.2) is 5.82 Å². The molecule has 2 aliphatic rings. The van der Waals surface area contributed by atoms with Crippen LogP contribution in [0.2, 0.25) is 0 Å². The lowest BCUT2D eigenvalue weighted by Gasteiger charge is -2.26. The summed E-state index contributed by atoms with van der Waals surface area (Å²) in [5, 5.41) is 12.2. The van der Waals surface area contributed by atoms with Crippen LogP contribution in [-0.2, 0) is 4.74 Å². The van der Waals surface area contributed by atoms with Gasteiger partial charge in [-0.3, -0.25) is 4.79 Å². The minimum Gasteiger partial charge on any atom is -0.477 e. The van der Waals surface area contributed by atoms with Gasteiger partial charge in [-0.15, -0.1) is 0 Å². The number of carbonyl (C=O) groups is 2. The van der Waals surface area contributed by atoms with E-state index in [0.29, 0.717) is 18.6 Å². The van der Waals surface area contributed by atoms with Gasteiger partial charge in [-0.25, -0.2) is 14.0 Å². The molecular formula is C24H31FN4O5. The first-order chi connectivity index (χ1) is 15.9. The number of rotatable bonds is 5. The van der Waals surface area contributed by atoms with Gasteiger partial charge >= 0.3 is 12.1 Å². The summed E-state index contributed by atoms with van der Waals surface area (Å²) in [4.78, 5) is 38.4. The van der Waals surface area contributed by atoms with Gasteiger partial charge in [0, 0.05) is 31.4 Å². The number of hydrogen-bond acceptors (Lipinski definition) is 6. The highest BCUT2D eigenvalue weighted by molar-refractivity contribution is 5.99. The summed E-state index contributed by atoms with van der Waals surface area (Å²) >= 11 is 0. The van der Waals surface area contributed by atoms with E-state index >= 15 is 4.39 Å². The number of halogens is 1. The average Bonchev–Trinajstić information content (AvgIpc) is 3.44. The standard InChI is InChI=1S/C24H31FN4O5/c1-12(27-23(33)34-24(2,3)4)13-7-8-28(10-13)17-9-16-18(20(26)19(17)25)21(30)15(22(31)32)11-29(16)14-5-6-14/h9,11-14H,5-8,10,26H2,1-4H3,(H,27,33)(H,31,32)/t12-,13+/m0/s1. The van der Waals surface area contributed by atoms with E-state index in [0.717, 1.165) is 19.3 Å². The second-order valence-corrected chi connectivity index (χ2v) is 10.3. The fourth-order valence-corrected chi connectivity index (χ4v) is 4.56. The summed E-state index contributed by atoms with van der Waals surface area (Å²) in [6, 6.07) is 1.47. The molecule has 1 aromatic carbocycles. The molecule has 2 fully saturated rings. The number of carbonyl (C=O) groups excluding carboxylic acids is 1. The third-order valence-electron chi connectivity index (χ3n) is 6.47. The van der Waals surface area contributed by atoms with Gasteiger partial charge in [0.2, 0.25) is 5.43 Å². The third-order valence-corrected chi connectivity index (χ3v) is 6.47. The molecule has 9 nitrogen and oxygen atoms in total. The number of nitrogens with one attached hydrogen (secondary N) is 1. The molecule has 2 heterocycles. The van der Waals surface area contributed by atoms with Crippen molar-refractivity contribution in [2.75, 3.05) is 23.7 Å². The van der Waals surface area contributed by atoms with Crippen molar-refractivity contribution >= 4 is 34.3 Å². The number of carboxylic acid groups (broad SMARTS) is 1. The van der Waals surface area contributed by atoms with Gasteiger partial charge < -0.3 is 30.4 Å². The second kappa shape index (κ2) is 8.48. The lowest BCUT2D eigenvalue weighted by molar-refractivity contribution is 0.0494. The lowest BCUT2D eigenvalue weighted by Crippen LogP contribution is -2.42. The SMILES string of the molecule is C[C@H](NC(=O)OC(C)(C)C)[C@@H]1CCN(c2cc3c(c(N)c2F)c(=O)c(C(=O)O)cn3C2CC2)C1. The van der Waals surface area contributed by atoms with Gasteiger partial charge in [-0.05, 0) is 58.9 Å². The van der Waals surface area contributed by atoms with Crippen LogP contribution in [0.15, 0.2) is 17.1 Å². The number of hydrogen-bond donors (Lipinski definition) is 3. The van der Waals surface area contributed by atoms with Crippen LogP contribution in [0, 0.1) is 11.7 Å². The fourth-order valence-electron chi connectivity index (χ4n) is 4.56. The van der Waals surface area contributed by atoms with E-state index in [2.05, 4.69) is 5.32 Å². The number of nitrogens with zero attached hydrogens (tertiary/aromatic N) is 2. The number of amides is 1. The van der Waals surface area contributed by atoms with E-state index in [1.807, 2.05) is 11.8 Å². The molecule has 1 aromatic heterocycles. The number of pyridine rings is 1. The number of aromatic carboxylic acids is 1. The molecule has 0 radical (unpaired) electrons. The topological polar surface area (TPSA) is 127 Å². The molecule has 4 N–H and O–H groups in total. The Hall–Kier alpha value is -3.30. The number of carboxylic acids is 1. The first-order valence-corrected chi connectivity index (χ1v) is 11.5. The lowest BCUT2D eigenvalue weighted by atomic mass is 10.0. The Morgan fingerprint density at radius 2 is 1.97 bits per heavy atom. The highest BCUT2D eigenvalue weighted by Crippen LogP contribution is 2.40. The molecule has 34 heavy (non-hydrogen) atoms. The van der Waals surface area contributed by atoms with E-state index in [1.165, 1.54) is 6.20 Å². The molecule has 1 aliphatic heterocycles. The molecule has 1 aliphatic carbocycles. The van der Waals surface area contributed by atoms with Crippen LogP contribution < -0.4 is 21.4 Å². The maximum Gasteiger partial charge on any atom is 0.407 e. The molecule has 184 valence electrons. The third kappa shape index (κ3) is 4.53. The van der Waals surface area contributed by atoms with Crippen LogP contribution in [0.5, 0.6) is 0 Å². The van der Waals surface area contributed by atoms with Crippen LogP contribution >= 0.6 is 0 Å². The minimum atomic E-state index is -1.36. The molecule has 1 saturated carbocycles. The average molecular weight is 475 g/mol. The van der Waals surface area contributed by atoms with E-state index in [1.54, 1.807) is 31.4 Å². The Morgan fingerprint density at radius 3 is 2.56 bits per heavy atom. The zero-order valence-corrected chi connectivity index (χ0v) is 19.9. The Balaban J connectivity index is 1.64. The molecule has 4 rings (SSSR count). The highest BCUT2D eigenvalue weighted by Gasteiger charge is 2.33. The summed E-state index contributed by atoms with van der Waals surface area (Å²) in [5.74, 6) is -2.04. The van der Waals surface area contributed by atoms with Gasteiger partial charge in [0.1, 0.15) is 11.2 Å². The number of ether oxygens (including phenoxy) is 1. The molecule has 0 spiro atoms. The Bertz CT molecular complexity index is 1210. The van der Waals surface area contributed by atoms with E-state index in [-0.39, 0.29) is 34.8 Å². The van der Waals surface area contributed by atoms with Crippen LogP contribution in [-0.4, -0.2) is 46.5 Å². The fraction of sp³-hybridized carbons (Fsp3) is 0.542. The van der Waals surface area contributed by atoms with Crippen molar-refractivity contribution in [3.63, 3.8) is 0 Å². The van der Waals surface area contributed by atoms with Crippen molar-refractivity contribution in [1.29, 1.82) is 0 Å². The largest absolute Gasteiger partial charge is 0.477 e.